The maximum absolute atomic E-state index is 10.8. The molecule has 114 valence electrons. The van der Waals surface area contributed by atoms with E-state index in [2.05, 4.69) is 18.2 Å². The van der Waals surface area contributed by atoms with Gasteiger partial charge in [-0.15, -0.1) is 0 Å². The van der Waals surface area contributed by atoms with Crippen LogP contribution in [0, 0.1) is 17.8 Å². The van der Waals surface area contributed by atoms with Crippen molar-refractivity contribution in [1.82, 2.24) is 0 Å². The van der Waals surface area contributed by atoms with Gasteiger partial charge in [0.15, 0.2) is 0 Å². The second kappa shape index (κ2) is 5.73. The van der Waals surface area contributed by atoms with Gasteiger partial charge in [-0.25, -0.2) is 0 Å². The van der Waals surface area contributed by atoms with Gasteiger partial charge in [0.05, 0.1) is 19.3 Å². The Morgan fingerprint density at radius 1 is 0.952 bits per heavy atom. The molecule has 0 radical (unpaired) electrons. The summed E-state index contributed by atoms with van der Waals surface area (Å²) in [5, 5.41) is 10.8. The van der Waals surface area contributed by atoms with Gasteiger partial charge in [-0.3, -0.25) is 0 Å². The van der Waals surface area contributed by atoms with Gasteiger partial charge in [-0.05, 0) is 53.7 Å². The molecule has 1 aromatic carbocycles. The van der Waals surface area contributed by atoms with Gasteiger partial charge in [0.2, 0.25) is 0 Å². The highest BCUT2D eigenvalue weighted by Crippen LogP contribution is 2.46. The summed E-state index contributed by atoms with van der Waals surface area (Å²) < 4.78 is 5.48. The molecule has 2 aliphatic carbocycles. The van der Waals surface area contributed by atoms with E-state index in [0.717, 1.165) is 24.0 Å². The number of benzene rings is 1. The molecule has 2 fully saturated rings. The van der Waals surface area contributed by atoms with Crippen molar-refractivity contribution in [2.75, 3.05) is 0 Å². The van der Waals surface area contributed by atoms with Crippen molar-refractivity contribution in [3.8, 4) is 0 Å². The van der Waals surface area contributed by atoms with E-state index < -0.39 is 0 Å². The van der Waals surface area contributed by atoms with E-state index in [1.54, 1.807) is 0 Å². The lowest BCUT2D eigenvalue weighted by molar-refractivity contribution is 0.0348. The van der Waals surface area contributed by atoms with Gasteiger partial charge >= 0.3 is 0 Å². The third-order valence-corrected chi connectivity index (χ3v) is 6.11. The summed E-state index contributed by atoms with van der Waals surface area (Å²) in [6.07, 6.45) is 9.16. The minimum Gasteiger partial charge on any atom is -0.388 e. The van der Waals surface area contributed by atoms with Crippen LogP contribution in [0.2, 0.25) is 0 Å². The largest absolute Gasteiger partial charge is 0.388 e. The smallest absolute Gasteiger partial charge is 0.0818 e. The fraction of sp³-hybridized carbons (Fsp3) is 0.684. The number of hydrogen-bond donors (Lipinski definition) is 1. The van der Waals surface area contributed by atoms with E-state index in [0.29, 0.717) is 12.5 Å². The van der Waals surface area contributed by atoms with Crippen LogP contribution in [-0.2, 0) is 18.0 Å². The van der Waals surface area contributed by atoms with Crippen molar-refractivity contribution < 1.29 is 9.84 Å². The number of ether oxygens (including phenoxy) is 1. The van der Waals surface area contributed by atoms with Crippen LogP contribution in [0.3, 0.4) is 0 Å². The van der Waals surface area contributed by atoms with Gasteiger partial charge in [-0.2, -0.15) is 0 Å². The lowest BCUT2D eigenvalue weighted by Gasteiger charge is -2.41. The molecule has 2 heteroatoms. The monoisotopic (exact) mass is 286 g/mol. The number of fused-ring (bicyclic) bond motifs is 2. The van der Waals surface area contributed by atoms with Crippen LogP contribution in [0.4, 0.5) is 0 Å². The van der Waals surface area contributed by atoms with E-state index in [-0.39, 0.29) is 6.10 Å². The molecule has 0 amide bonds. The van der Waals surface area contributed by atoms with Gasteiger partial charge in [0.1, 0.15) is 0 Å². The molecule has 1 aromatic rings. The predicted octanol–water partition coefficient (Wildman–Crippen LogP) is 4.36. The lowest BCUT2D eigenvalue weighted by atomic mass is 9.66. The first kappa shape index (κ1) is 13.8. The Morgan fingerprint density at radius 2 is 1.76 bits per heavy atom. The maximum Gasteiger partial charge on any atom is 0.0818 e. The van der Waals surface area contributed by atoms with Crippen LogP contribution in [0.25, 0.3) is 0 Å². The van der Waals surface area contributed by atoms with Crippen molar-refractivity contribution in [3.05, 3.63) is 34.9 Å². The minimum atomic E-state index is -0.279. The van der Waals surface area contributed by atoms with E-state index >= 15 is 0 Å². The Balaban J connectivity index is 1.48. The number of rotatable bonds is 2. The molecular weight excluding hydrogens is 260 g/mol. The quantitative estimate of drug-likeness (QED) is 0.875. The average Bonchev–Trinajstić information content (AvgIpc) is 3.01. The number of hydrogen-bond acceptors (Lipinski definition) is 2. The highest BCUT2D eigenvalue weighted by molar-refractivity contribution is 5.34. The Morgan fingerprint density at radius 3 is 2.67 bits per heavy atom. The van der Waals surface area contributed by atoms with E-state index in [4.69, 9.17) is 4.74 Å². The molecule has 0 saturated heterocycles. The zero-order valence-corrected chi connectivity index (χ0v) is 12.8. The van der Waals surface area contributed by atoms with Crippen LogP contribution in [-0.4, -0.2) is 5.11 Å². The predicted molar refractivity (Wildman–Crippen MR) is 82.7 cm³/mol. The SMILES string of the molecule is OC(c1ccc2c(c1)COC2)C1CCC2CCCCC2C1. The van der Waals surface area contributed by atoms with Crippen LogP contribution < -0.4 is 0 Å². The first-order valence-electron chi connectivity index (χ1n) is 8.69. The van der Waals surface area contributed by atoms with Gasteiger partial charge in [0.25, 0.3) is 0 Å². The molecule has 4 atom stereocenters. The summed E-state index contributed by atoms with van der Waals surface area (Å²) in [5.74, 6) is 2.30. The molecule has 0 bridgehead atoms. The molecule has 1 heterocycles. The minimum absolute atomic E-state index is 0.279. The average molecular weight is 286 g/mol. The highest BCUT2D eigenvalue weighted by atomic mass is 16.5. The summed E-state index contributed by atoms with van der Waals surface area (Å²) >= 11 is 0. The Bertz CT molecular complexity index is 510. The topological polar surface area (TPSA) is 29.5 Å². The molecule has 1 aliphatic heterocycles. The fourth-order valence-corrected chi connectivity index (χ4v) is 4.84. The standard InChI is InChI=1S/C19H26O2/c20-19(16-7-8-17-11-21-12-18(17)10-16)15-6-5-13-3-1-2-4-14(13)9-15/h7-8,10,13-15,19-20H,1-6,9,11-12H2. The summed E-state index contributed by atoms with van der Waals surface area (Å²) in [6.45, 7) is 1.45. The molecule has 4 unspecified atom stereocenters. The summed E-state index contributed by atoms with van der Waals surface area (Å²) in [7, 11) is 0. The van der Waals surface area contributed by atoms with E-state index in [1.807, 2.05) is 0 Å². The second-order valence-corrected chi connectivity index (χ2v) is 7.34. The third-order valence-electron chi connectivity index (χ3n) is 6.11. The van der Waals surface area contributed by atoms with E-state index in [1.165, 1.54) is 56.1 Å². The fourth-order valence-electron chi connectivity index (χ4n) is 4.84. The zero-order chi connectivity index (χ0) is 14.2. The molecule has 0 aromatic heterocycles. The maximum atomic E-state index is 10.8. The molecule has 3 aliphatic rings. The third kappa shape index (κ3) is 2.64. The van der Waals surface area contributed by atoms with Crippen LogP contribution in [0.15, 0.2) is 18.2 Å². The van der Waals surface area contributed by atoms with Crippen molar-refractivity contribution in [1.29, 1.82) is 0 Å². The molecule has 2 saturated carbocycles. The molecule has 4 rings (SSSR count). The Hall–Kier alpha value is -0.860. The van der Waals surface area contributed by atoms with E-state index in [9.17, 15) is 5.11 Å². The molecule has 21 heavy (non-hydrogen) atoms. The van der Waals surface area contributed by atoms with Crippen LogP contribution >= 0.6 is 0 Å². The van der Waals surface area contributed by atoms with Crippen LogP contribution in [0.1, 0.15) is 67.7 Å². The molecule has 2 nitrogen and oxygen atoms in total. The molecule has 0 spiro atoms. The summed E-state index contributed by atoms with van der Waals surface area (Å²) in [4.78, 5) is 0. The Kier molecular flexibility index (Phi) is 3.76. The van der Waals surface area contributed by atoms with Crippen LogP contribution in [0.5, 0.6) is 0 Å². The van der Waals surface area contributed by atoms with Crippen molar-refractivity contribution in [2.45, 2.75) is 64.3 Å². The Labute approximate surface area is 127 Å². The normalized spacial score (nSPS) is 33.3. The van der Waals surface area contributed by atoms with Crippen molar-refractivity contribution in [2.24, 2.45) is 17.8 Å². The number of aliphatic hydroxyl groups is 1. The van der Waals surface area contributed by atoms with Crippen molar-refractivity contribution >= 4 is 0 Å². The van der Waals surface area contributed by atoms with Gasteiger partial charge in [0, 0.05) is 0 Å². The highest BCUT2D eigenvalue weighted by Gasteiger charge is 2.35. The van der Waals surface area contributed by atoms with Gasteiger partial charge in [-0.1, -0.05) is 43.9 Å². The van der Waals surface area contributed by atoms with Gasteiger partial charge < -0.3 is 9.84 Å². The lowest BCUT2D eigenvalue weighted by Crippen LogP contribution is -2.30. The summed E-state index contributed by atoms with van der Waals surface area (Å²) in [5.41, 5.74) is 3.68. The zero-order valence-electron chi connectivity index (χ0n) is 12.8. The second-order valence-electron chi connectivity index (χ2n) is 7.34. The molecular formula is C19H26O2. The number of aliphatic hydroxyl groups excluding tert-OH is 1. The molecule has 1 N–H and O–H groups in total. The summed E-state index contributed by atoms with van der Waals surface area (Å²) in [6, 6.07) is 6.44. The first-order chi connectivity index (χ1) is 10.3. The first-order valence-corrected chi connectivity index (χ1v) is 8.69. The van der Waals surface area contributed by atoms with Crippen molar-refractivity contribution in [3.63, 3.8) is 0 Å².